The number of nitriles is 1. The predicted octanol–water partition coefficient (Wildman–Crippen LogP) is 4.34. The highest BCUT2D eigenvalue weighted by molar-refractivity contribution is 5.68. The Bertz CT molecular complexity index is 618. The lowest BCUT2D eigenvalue weighted by Crippen LogP contribution is -1.90. The van der Waals surface area contributed by atoms with Gasteiger partial charge in [-0.15, -0.1) is 0 Å². The lowest BCUT2D eigenvalue weighted by atomic mass is 9.95. The molecular formula is C17H17N. The number of nitrogens with zero attached hydrogens (tertiary/aromatic N) is 1. The quantitative estimate of drug-likeness (QED) is 0.759. The second-order valence-corrected chi connectivity index (χ2v) is 4.79. The maximum Gasteiger partial charge on any atom is 0.0669 e. The number of hydrogen-bond donors (Lipinski definition) is 0. The molecule has 0 unspecified atom stereocenters. The highest BCUT2D eigenvalue weighted by Crippen LogP contribution is 2.26. The zero-order valence-electron chi connectivity index (χ0n) is 11.1. The van der Waals surface area contributed by atoms with Crippen molar-refractivity contribution in [3.63, 3.8) is 0 Å². The molecule has 0 aromatic heterocycles. The van der Waals surface area contributed by atoms with Crippen LogP contribution in [0.2, 0.25) is 0 Å². The largest absolute Gasteiger partial charge is 0.198 e. The van der Waals surface area contributed by atoms with Gasteiger partial charge in [-0.25, -0.2) is 0 Å². The molecular weight excluding hydrogens is 218 g/mol. The molecule has 0 N–H and O–H groups in total. The van der Waals surface area contributed by atoms with Gasteiger partial charge in [-0.1, -0.05) is 42.0 Å². The van der Waals surface area contributed by atoms with Gasteiger partial charge in [0, 0.05) is 0 Å². The van der Waals surface area contributed by atoms with Crippen molar-refractivity contribution < 1.29 is 0 Å². The summed E-state index contributed by atoms with van der Waals surface area (Å²) in [5.41, 5.74) is 7.38. The summed E-state index contributed by atoms with van der Waals surface area (Å²) in [5.74, 6) is 0. The zero-order valence-corrected chi connectivity index (χ0v) is 11.1. The fourth-order valence-electron chi connectivity index (χ4n) is 2.28. The zero-order chi connectivity index (χ0) is 13.1. The maximum atomic E-state index is 8.76. The summed E-state index contributed by atoms with van der Waals surface area (Å²) in [5, 5.41) is 8.76. The molecule has 18 heavy (non-hydrogen) atoms. The molecule has 0 heterocycles. The molecule has 0 aliphatic rings. The Kier molecular flexibility index (Phi) is 3.48. The van der Waals surface area contributed by atoms with E-state index in [0.717, 1.165) is 5.56 Å². The minimum absolute atomic E-state index is 0.485. The molecule has 0 bridgehead atoms. The standard InChI is InChI=1S/C17H17N/c1-12-4-7-17(14(3)10-12)16-6-5-15(8-9-18)13(2)11-16/h4-7,10-11H,8H2,1-3H3. The third-order valence-electron chi connectivity index (χ3n) is 3.31. The molecule has 0 aliphatic heterocycles. The molecule has 0 saturated heterocycles. The molecule has 0 fully saturated rings. The average Bonchev–Trinajstić information content (AvgIpc) is 2.32. The molecule has 1 heteroatoms. The first-order valence-corrected chi connectivity index (χ1v) is 6.16. The van der Waals surface area contributed by atoms with Crippen molar-refractivity contribution in [2.75, 3.05) is 0 Å². The summed E-state index contributed by atoms with van der Waals surface area (Å²) < 4.78 is 0. The fraction of sp³-hybridized carbons (Fsp3) is 0.235. The van der Waals surface area contributed by atoms with E-state index in [4.69, 9.17) is 5.26 Å². The van der Waals surface area contributed by atoms with Crippen LogP contribution in [0.25, 0.3) is 11.1 Å². The lowest BCUT2D eigenvalue weighted by Gasteiger charge is -2.10. The molecule has 0 aliphatic carbocycles. The first kappa shape index (κ1) is 12.4. The number of rotatable bonds is 2. The fourth-order valence-corrected chi connectivity index (χ4v) is 2.28. The van der Waals surface area contributed by atoms with Gasteiger partial charge < -0.3 is 0 Å². The van der Waals surface area contributed by atoms with Crippen molar-refractivity contribution in [2.24, 2.45) is 0 Å². The SMILES string of the molecule is Cc1ccc(-c2ccc(CC#N)c(C)c2)c(C)c1. The van der Waals surface area contributed by atoms with Gasteiger partial charge in [-0.2, -0.15) is 5.26 Å². The van der Waals surface area contributed by atoms with Crippen LogP contribution in [0, 0.1) is 32.1 Å². The van der Waals surface area contributed by atoms with Gasteiger partial charge in [0.2, 0.25) is 0 Å². The van der Waals surface area contributed by atoms with E-state index in [2.05, 4.69) is 63.2 Å². The summed E-state index contributed by atoms with van der Waals surface area (Å²) in [4.78, 5) is 0. The van der Waals surface area contributed by atoms with Crippen LogP contribution in [0.1, 0.15) is 22.3 Å². The smallest absolute Gasteiger partial charge is 0.0669 e. The molecule has 2 rings (SSSR count). The van der Waals surface area contributed by atoms with Crippen LogP contribution < -0.4 is 0 Å². The summed E-state index contributed by atoms with van der Waals surface area (Å²) in [7, 11) is 0. The van der Waals surface area contributed by atoms with E-state index in [9.17, 15) is 0 Å². The van der Waals surface area contributed by atoms with Crippen LogP contribution in [0.15, 0.2) is 36.4 Å². The van der Waals surface area contributed by atoms with Crippen molar-refractivity contribution in [1.29, 1.82) is 5.26 Å². The Morgan fingerprint density at radius 2 is 1.72 bits per heavy atom. The van der Waals surface area contributed by atoms with Gasteiger partial charge in [0.05, 0.1) is 12.5 Å². The molecule has 1 nitrogen and oxygen atoms in total. The van der Waals surface area contributed by atoms with E-state index < -0.39 is 0 Å². The average molecular weight is 235 g/mol. The van der Waals surface area contributed by atoms with Gasteiger partial charge in [0.15, 0.2) is 0 Å². The topological polar surface area (TPSA) is 23.8 Å². The van der Waals surface area contributed by atoms with Crippen molar-refractivity contribution in [1.82, 2.24) is 0 Å². The number of benzene rings is 2. The summed E-state index contributed by atoms with van der Waals surface area (Å²) >= 11 is 0. The van der Waals surface area contributed by atoms with Gasteiger partial charge in [0.1, 0.15) is 0 Å². The summed E-state index contributed by atoms with van der Waals surface area (Å²) in [6.07, 6.45) is 0.485. The molecule has 0 radical (unpaired) electrons. The Labute approximate surface area is 109 Å². The predicted molar refractivity (Wildman–Crippen MR) is 75.4 cm³/mol. The molecule has 90 valence electrons. The second-order valence-electron chi connectivity index (χ2n) is 4.79. The van der Waals surface area contributed by atoms with E-state index in [1.165, 1.54) is 27.8 Å². The highest BCUT2D eigenvalue weighted by atomic mass is 14.2. The van der Waals surface area contributed by atoms with Crippen LogP contribution >= 0.6 is 0 Å². The lowest BCUT2D eigenvalue weighted by molar-refractivity contribution is 1.21. The summed E-state index contributed by atoms with van der Waals surface area (Å²) in [6.45, 7) is 6.32. The van der Waals surface area contributed by atoms with E-state index in [1.807, 2.05) is 0 Å². The second kappa shape index (κ2) is 5.06. The van der Waals surface area contributed by atoms with Crippen LogP contribution in [0.4, 0.5) is 0 Å². The third kappa shape index (κ3) is 2.43. The van der Waals surface area contributed by atoms with E-state index in [1.54, 1.807) is 0 Å². The summed E-state index contributed by atoms with van der Waals surface area (Å²) in [6, 6.07) is 15.1. The first-order valence-electron chi connectivity index (χ1n) is 6.16. The minimum Gasteiger partial charge on any atom is -0.198 e. The van der Waals surface area contributed by atoms with Gasteiger partial charge >= 0.3 is 0 Å². The normalized spacial score (nSPS) is 10.1. The molecule has 0 spiro atoms. The van der Waals surface area contributed by atoms with Crippen molar-refractivity contribution >= 4 is 0 Å². The minimum atomic E-state index is 0.485. The maximum absolute atomic E-state index is 8.76. The van der Waals surface area contributed by atoms with Crippen LogP contribution in [0.3, 0.4) is 0 Å². The van der Waals surface area contributed by atoms with Gasteiger partial charge in [-0.3, -0.25) is 0 Å². The molecule has 2 aromatic rings. The van der Waals surface area contributed by atoms with Crippen molar-refractivity contribution in [3.05, 3.63) is 58.7 Å². The molecule has 0 atom stereocenters. The van der Waals surface area contributed by atoms with Crippen LogP contribution in [-0.4, -0.2) is 0 Å². The Morgan fingerprint density at radius 1 is 0.944 bits per heavy atom. The van der Waals surface area contributed by atoms with E-state index in [-0.39, 0.29) is 0 Å². The van der Waals surface area contributed by atoms with E-state index >= 15 is 0 Å². The molecule has 0 saturated carbocycles. The molecule has 2 aromatic carbocycles. The van der Waals surface area contributed by atoms with Gasteiger partial charge in [0.25, 0.3) is 0 Å². The van der Waals surface area contributed by atoms with Crippen LogP contribution in [-0.2, 0) is 6.42 Å². The molecule has 0 amide bonds. The highest BCUT2D eigenvalue weighted by Gasteiger charge is 2.04. The Balaban J connectivity index is 2.46. The monoisotopic (exact) mass is 235 g/mol. The van der Waals surface area contributed by atoms with Gasteiger partial charge in [-0.05, 0) is 48.6 Å². The van der Waals surface area contributed by atoms with Crippen molar-refractivity contribution in [2.45, 2.75) is 27.2 Å². The third-order valence-corrected chi connectivity index (χ3v) is 3.31. The van der Waals surface area contributed by atoms with E-state index in [0.29, 0.717) is 6.42 Å². The number of aryl methyl sites for hydroxylation is 3. The van der Waals surface area contributed by atoms with Crippen molar-refractivity contribution in [3.8, 4) is 17.2 Å². The first-order chi connectivity index (χ1) is 8.61. The Hall–Kier alpha value is -2.07. The number of hydrogen-bond acceptors (Lipinski definition) is 1. The van der Waals surface area contributed by atoms with Crippen LogP contribution in [0.5, 0.6) is 0 Å². The Morgan fingerprint density at radius 3 is 2.33 bits per heavy atom.